The van der Waals surface area contributed by atoms with Gasteiger partial charge in [-0.1, -0.05) is 36.7 Å². The molecule has 0 aliphatic heterocycles. The minimum atomic E-state index is -0.490. The van der Waals surface area contributed by atoms with Crippen molar-refractivity contribution in [3.63, 3.8) is 0 Å². The van der Waals surface area contributed by atoms with Crippen LogP contribution in [-0.2, 0) is 4.79 Å². The standard InChI is InChI=1S/C15H22BrNO2S/c1-11(19-13-7-5-12(16)6-8-13)14(18)17-9-10-20-15(2,3)4/h5-8,11H,9-10H2,1-4H3,(H,17,18)/t11-/m0/s1. The topological polar surface area (TPSA) is 38.3 Å². The lowest BCUT2D eigenvalue weighted by Crippen LogP contribution is -2.37. The Labute approximate surface area is 134 Å². The normalized spacial score (nSPS) is 12.8. The van der Waals surface area contributed by atoms with E-state index in [0.717, 1.165) is 10.2 Å². The fourth-order valence-electron chi connectivity index (χ4n) is 1.45. The Morgan fingerprint density at radius 3 is 2.50 bits per heavy atom. The smallest absolute Gasteiger partial charge is 0.260 e. The fraction of sp³-hybridized carbons (Fsp3) is 0.533. The molecule has 0 spiro atoms. The Morgan fingerprint density at radius 1 is 1.35 bits per heavy atom. The third-order valence-electron chi connectivity index (χ3n) is 2.43. The van der Waals surface area contributed by atoms with Gasteiger partial charge >= 0.3 is 0 Å². The lowest BCUT2D eigenvalue weighted by Gasteiger charge is -2.18. The number of thioether (sulfide) groups is 1. The average Bonchev–Trinajstić information content (AvgIpc) is 2.36. The number of hydrogen-bond acceptors (Lipinski definition) is 3. The summed E-state index contributed by atoms with van der Waals surface area (Å²) in [6.07, 6.45) is -0.490. The summed E-state index contributed by atoms with van der Waals surface area (Å²) < 4.78 is 6.80. The van der Waals surface area contributed by atoms with E-state index in [0.29, 0.717) is 12.3 Å². The van der Waals surface area contributed by atoms with E-state index >= 15 is 0 Å². The van der Waals surface area contributed by atoms with Crippen LogP contribution in [0.5, 0.6) is 5.75 Å². The molecule has 1 aromatic carbocycles. The number of benzene rings is 1. The second-order valence-corrected chi connectivity index (χ2v) is 8.30. The predicted molar refractivity (Wildman–Crippen MR) is 89.5 cm³/mol. The highest BCUT2D eigenvalue weighted by Gasteiger charge is 2.15. The second kappa shape index (κ2) is 7.93. The van der Waals surface area contributed by atoms with Crippen molar-refractivity contribution >= 4 is 33.6 Å². The lowest BCUT2D eigenvalue weighted by molar-refractivity contribution is -0.127. The Morgan fingerprint density at radius 2 is 1.95 bits per heavy atom. The Bertz CT molecular complexity index is 428. The van der Waals surface area contributed by atoms with Gasteiger partial charge in [-0.05, 0) is 31.2 Å². The number of hydrogen-bond donors (Lipinski definition) is 1. The van der Waals surface area contributed by atoms with Gasteiger partial charge in [0.05, 0.1) is 0 Å². The summed E-state index contributed by atoms with van der Waals surface area (Å²) in [4.78, 5) is 11.9. The van der Waals surface area contributed by atoms with Gasteiger partial charge in [0.2, 0.25) is 0 Å². The zero-order valence-electron chi connectivity index (χ0n) is 12.4. The monoisotopic (exact) mass is 359 g/mol. The van der Waals surface area contributed by atoms with E-state index in [2.05, 4.69) is 42.0 Å². The number of amides is 1. The molecule has 0 fully saturated rings. The highest BCUT2D eigenvalue weighted by Crippen LogP contribution is 2.22. The number of nitrogens with one attached hydrogen (secondary N) is 1. The Hall–Kier alpha value is -0.680. The summed E-state index contributed by atoms with van der Waals surface area (Å²) in [6, 6.07) is 7.45. The third kappa shape index (κ3) is 7.20. The molecule has 0 saturated heterocycles. The molecular weight excluding hydrogens is 338 g/mol. The molecule has 1 rings (SSSR count). The van der Waals surface area contributed by atoms with E-state index in [9.17, 15) is 4.79 Å². The number of carbonyl (C=O) groups excluding carboxylic acids is 1. The van der Waals surface area contributed by atoms with Gasteiger partial charge in [-0.3, -0.25) is 4.79 Å². The van der Waals surface area contributed by atoms with Gasteiger partial charge < -0.3 is 10.1 Å². The number of carbonyl (C=O) groups is 1. The minimum Gasteiger partial charge on any atom is -0.481 e. The largest absolute Gasteiger partial charge is 0.481 e. The van der Waals surface area contributed by atoms with Crippen LogP contribution in [0.15, 0.2) is 28.7 Å². The quantitative estimate of drug-likeness (QED) is 0.783. The molecule has 0 aliphatic rings. The Balaban J connectivity index is 2.30. The van der Waals surface area contributed by atoms with Crippen molar-refractivity contribution in [1.82, 2.24) is 5.32 Å². The zero-order chi connectivity index (χ0) is 15.2. The van der Waals surface area contributed by atoms with Crippen molar-refractivity contribution in [2.45, 2.75) is 38.5 Å². The fourth-order valence-corrected chi connectivity index (χ4v) is 2.53. The number of ether oxygens (including phenoxy) is 1. The summed E-state index contributed by atoms with van der Waals surface area (Å²) in [7, 11) is 0. The van der Waals surface area contributed by atoms with Crippen LogP contribution in [0, 0.1) is 0 Å². The van der Waals surface area contributed by atoms with Gasteiger partial charge in [0.25, 0.3) is 5.91 Å². The molecule has 0 aliphatic carbocycles. The maximum absolute atomic E-state index is 11.9. The van der Waals surface area contributed by atoms with Crippen LogP contribution >= 0.6 is 27.7 Å². The van der Waals surface area contributed by atoms with Crippen LogP contribution in [0.2, 0.25) is 0 Å². The first kappa shape index (κ1) is 17.4. The van der Waals surface area contributed by atoms with Gasteiger partial charge in [0, 0.05) is 21.5 Å². The maximum Gasteiger partial charge on any atom is 0.260 e. The molecule has 0 unspecified atom stereocenters. The first-order chi connectivity index (χ1) is 9.28. The van der Waals surface area contributed by atoms with Crippen molar-refractivity contribution in [1.29, 1.82) is 0 Å². The molecule has 1 N–H and O–H groups in total. The molecule has 0 heterocycles. The molecule has 0 aromatic heterocycles. The molecule has 1 amide bonds. The summed E-state index contributed by atoms with van der Waals surface area (Å²) >= 11 is 5.19. The summed E-state index contributed by atoms with van der Waals surface area (Å²) in [5, 5.41) is 2.89. The van der Waals surface area contributed by atoms with E-state index in [1.54, 1.807) is 6.92 Å². The first-order valence-electron chi connectivity index (χ1n) is 6.62. The summed E-state index contributed by atoms with van der Waals surface area (Å²) in [5.41, 5.74) is 0. The van der Waals surface area contributed by atoms with Gasteiger partial charge in [0.15, 0.2) is 6.10 Å². The van der Waals surface area contributed by atoms with Crippen LogP contribution in [-0.4, -0.2) is 29.1 Å². The molecule has 5 heteroatoms. The van der Waals surface area contributed by atoms with Crippen molar-refractivity contribution < 1.29 is 9.53 Å². The molecule has 20 heavy (non-hydrogen) atoms. The van der Waals surface area contributed by atoms with Gasteiger partial charge in [-0.2, -0.15) is 11.8 Å². The van der Waals surface area contributed by atoms with Crippen LogP contribution < -0.4 is 10.1 Å². The second-order valence-electron chi connectivity index (χ2n) is 5.47. The van der Waals surface area contributed by atoms with Crippen LogP contribution in [0.1, 0.15) is 27.7 Å². The first-order valence-corrected chi connectivity index (χ1v) is 8.40. The molecule has 112 valence electrons. The zero-order valence-corrected chi connectivity index (χ0v) is 14.8. The highest BCUT2D eigenvalue weighted by molar-refractivity contribution is 9.10. The van der Waals surface area contributed by atoms with E-state index < -0.39 is 6.10 Å². The molecule has 1 aromatic rings. The predicted octanol–water partition coefficient (Wildman–Crippen LogP) is 3.86. The van der Waals surface area contributed by atoms with Gasteiger partial charge in [-0.25, -0.2) is 0 Å². The highest BCUT2D eigenvalue weighted by atomic mass is 79.9. The molecule has 1 atom stereocenters. The molecule has 0 bridgehead atoms. The van der Waals surface area contributed by atoms with E-state index in [-0.39, 0.29) is 10.7 Å². The van der Waals surface area contributed by atoms with E-state index in [1.165, 1.54) is 0 Å². The third-order valence-corrected chi connectivity index (χ3v) is 4.24. The molecule has 3 nitrogen and oxygen atoms in total. The average molecular weight is 360 g/mol. The maximum atomic E-state index is 11.9. The molecule has 0 saturated carbocycles. The molecule has 0 radical (unpaired) electrons. The van der Waals surface area contributed by atoms with Crippen molar-refractivity contribution in [3.05, 3.63) is 28.7 Å². The van der Waals surface area contributed by atoms with Crippen molar-refractivity contribution in [2.75, 3.05) is 12.3 Å². The Kier molecular flexibility index (Phi) is 6.89. The van der Waals surface area contributed by atoms with E-state index in [1.807, 2.05) is 36.0 Å². The number of rotatable bonds is 6. The molecular formula is C15H22BrNO2S. The van der Waals surface area contributed by atoms with Crippen molar-refractivity contribution in [2.24, 2.45) is 0 Å². The SMILES string of the molecule is C[C@H](Oc1ccc(Br)cc1)C(=O)NCCSC(C)(C)C. The lowest BCUT2D eigenvalue weighted by atomic mass is 10.3. The van der Waals surface area contributed by atoms with Crippen LogP contribution in [0.25, 0.3) is 0 Å². The minimum absolute atomic E-state index is 0.0811. The van der Waals surface area contributed by atoms with Gasteiger partial charge in [-0.15, -0.1) is 0 Å². The van der Waals surface area contributed by atoms with E-state index in [4.69, 9.17) is 4.74 Å². The summed E-state index contributed by atoms with van der Waals surface area (Å²) in [6.45, 7) is 8.92. The van der Waals surface area contributed by atoms with Crippen LogP contribution in [0.3, 0.4) is 0 Å². The van der Waals surface area contributed by atoms with Crippen molar-refractivity contribution in [3.8, 4) is 5.75 Å². The summed E-state index contributed by atoms with van der Waals surface area (Å²) in [5.74, 6) is 1.52. The number of halogens is 1. The van der Waals surface area contributed by atoms with Crippen LogP contribution in [0.4, 0.5) is 0 Å². The van der Waals surface area contributed by atoms with Gasteiger partial charge in [0.1, 0.15) is 5.75 Å².